The van der Waals surface area contributed by atoms with Crippen LogP contribution in [0, 0.1) is 6.92 Å². The first kappa shape index (κ1) is 20.5. The van der Waals surface area contributed by atoms with Crippen molar-refractivity contribution in [3.05, 3.63) is 66.7 Å². The summed E-state index contributed by atoms with van der Waals surface area (Å²) in [5.41, 5.74) is 2.10. The van der Waals surface area contributed by atoms with Crippen LogP contribution in [0.5, 0.6) is 0 Å². The number of aromatic nitrogens is 1. The van der Waals surface area contributed by atoms with Gasteiger partial charge in [0.05, 0.1) is 12.1 Å². The number of hydrogen-bond acceptors (Lipinski definition) is 4. The highest BCUT2D eigenvalue weighted by atomic mass is 16.5. The van der Waals surface area contributed by atoms with Crippen LogP contribution in [0.2, 0.25) is 0 Å². The van der Waals surface area contributed by atoms with Crippen molar-refractivity contribution in [1.82, 2.24) is 14.8 Å². The van der Waals surface area contributed by atoms with Gasteiger partial charge in [-0.1, -0.05) is 30.9 Å². The van der Waals surface area contributed by atoms with Crippen LogP contribution in [-0.4, -0.2) is 58.6 Å². The molecule has 0 saturated carbocycles. The molecule has 150 valence electrons. The van der Waals surface area contributed by atoms with Crippen LogP contribution in [0.4, 0.5) is 0 Å². The van der Waals surface area contributed by atoms with Crippen LogP contribution in [0.1, 0.15) is 31.0 Å². The lowest BCUT2D eigenvalue weighted by Gasteiger charge is -2.48. The lowest BCUT2D eigenvalue weighted by Crippen LogP contribution is -2.60. The van der Waals surface area contributed by atoms with Crippen molar-refractivity contribution in [2.45, 2.75) is 44.8 Å². The Morgan fingerprint density at radius 3 is 2.75 bits per heavy atom. The summed E-state index contributed by atoms with van der Waals surface area (Å²) in [5, 5.41) is 0. The Labute approximate surface area is 168 Å². The van der Waals surface area contributed by atoms with Crippen molar-refractivity contribution in [3.63, 3.8) is 0 Å². The van der Waals surface area contributed by atoms with E-state index in [1.54, 1.807) is 6.08 Å². The molecule has 2 aliphatic rings. The molecule has 5 heteroatoms. The zero-order valence-corrected chi connectivity index (χ0v) is 17.0. The SMILES string of the molecule is C=C/C=C\C=C\N1CC2(CCN(CCc3ccc(C)cn3)CC2)OC(C)C1=O. The summed E-state index contributed by atoms with van der Waals surface area (Å²) < 4.78 is 6.21. The first-order valence-corrected chi connectivity index (χ1v) is 10.1. The molecule has 1 aromatic rings. The van der Waals surface area contributed by atoms with Crippen LogP contribution in [0.3, 0.4) is 0 Å². The molecule has 5 nitrogen and oxygen atoms in total. The number of carbonyl (C=O) groups is 1. The molecule has 0 radical (unpaired) electrons. The van der Waals surface area contributed by atoms with E-state index in [0.29, 0.717) is 6.54 Å². The molecule has 0 aliphatic carbocycles. The number of allylic oxidation sites excluding steroid dienone is 4. The number of rotatable bonds is 6. The van der Waals surface area contributed by atoms with Crippen molar-refractivity contribution in [2.75, 3.05) is 26.2 Å². The minimum Gasteiger partial charge on any atom is -0.360 e. The molecule has 0 N–H and O–H groups in total. The highest BCUT2D eigenvalue weighted by Gasteiger charge is 2.44. The number of hydrogen-bond donors (Lipinski definition) is 0. The number of piperidine rings is 1. The van der Waals surface area contributed by atoms with Gasteiger partial charge in [0.25, 0.3) is 5.91 Å². The predicted octanol–water partition coefficient (Wildman–Crippen LogP) is 3.27. The van der Waals surface area contributed by atoms with Gasteiger partial charge in [-0.2, -0.15) is 0 Å². The Balaban J connectivity index is 1.54. The van der Waals surface area contributed by atoms with Gasteiger partial charge in [-0.15, -0.1) is 0 Å². The van der Waals surface area contributed by atoms with Crippen molar-refractivity contribution < 1.29 is 9.53 Å². The van der Waals surface area contributed by atoms with Crippen molar-refractivity contribution >= 4 is 5.91 Å². The maximum Gasteiger partial charge on any atom is 0.255 e. The zero-order valence-electron chi connectivity index (χ0n) is 17.0. The Morgan fingerprint density at radius 1 is 1.29 bits per heavy atom. The molecule has 28 heavy (non-hydrogen) atoms. The fourth-order valence-electron chi connectivity index (χ4n) is 3.89. The molecule has 3 rings (SSSR count). The van der Waals surface area contributed by atoms with Crippen molar-refractivity contribution in [2.24, 2.45) is 0 Å². The second-order valence-electron chi connectivity index (χ2n) is 7.79. The molecule has 0 aromatic carbocycles. The molecular weight excluding hydrogens is 350 g/mol. The summed E-state index contributed by atoms with van der Waals surface area (Å²) in [4.78, 5) is 21.2. The molecule has 1 unspecified atom stereocenters. The molecule has 2 fully saturated rings. The maximum atomic E-state index is 12.5. The summed E-state index contributed by atoms with van der Waals surface area (Å²) in [6, 6.07) is 4.23. The van der Waals surface area contributed by atoms with Gasteiger partial charge in [-0.3, -0.25) is 9.78 Å². The van der Waals surface area contributed by atoms with Gasteiger partial charge >= 0.3 is 0 Å². The molecule has 0 bridgehead atoms. The van der Waals surface area contributed by atoms with E-state index in [1.807, 2.05) is 42.4 Å². The number of aryl methyl sites for hydroxylation is 1. The molecule has 2 aliphatic heterocycles. The second kappa shape index (κ2) is 9.30. The van der Waals surface area contributed by atoms with E-state index >= 15 is 0 Å². The van der Waals surface area contributed by atoms with Crippen molar-refractivity contribution in [3.8, 4) is 0 Å². The van der Waals surface area contributed by atoms with Gasteiger partial charge < -0.3 is 14.5 Å². The Hall–Kier alpha value is -2.24. The number of pyridine rings is 1. The smallest absolute Gasteiger partial charge is 0.255 e. The molecule has 2 saturated heterocycles. The van der Waals surface area contributed by atoms with Crippen LogP contribution in [0.25, 0.3) is 0 Å². The number of carbonyl (C=O) groups excluding carboxylic acids is 1. The van der Waals surface area contributed by atoms with E-state index in [9.17, 15) is 4.79 Å². The van der Waals surface area contributed by atoms with E-state index in [-0.39, 0.29) is 11.5 Å². The largest absolute Gasteiger partial charge is 0.360 e. The first-order chi connectivity index (χ1) is 13.5. The van der Waals surface area contributed by atoms with Crippen LogP contribution < -0.4 is 0 Å². The Bertz CT molecular complexity index is 731. The highest BCUT2D eigenvalue weighted by Crippen LogP contribution is 2.33. The second-order valence-corrected chi connectivity index (χ2v) is 7.79. The minimum absolute atomic E-state index is 0.0294. The summed E-state index contributed by atoms with van der Waals surface area (Å²) in [7, 11) is 0. The first-order valence-electron chi connectivity index (χ1n) is 10.1. The van der Waals surface area contributed by atoms with E-state index in [2.05, 4.69) is 35.5 Å². The third-order valence-electron chi connectivity index (χ3n) is 5.56. The van der Waals surface area contributed by atoms with Crippen LogP contribution in [0.15, 0.2) is 55.4 Å². The van der Waals surface area contributed by atoms with Crippen LogP contribution in [-0.2, 0) is 16.0 Å². The quantitative estimate of drug-likeness (QED) is 0.710. The van der Waals surface area contributed by atoms with E-state index in [1.165, 1.54) is 5.56 Å². The van der Waals surface area contributed by atoms with Crippen LogP contribution >= 0.6 is 0 Å². The maximum absolute atomic E-state index is 12.5. The average Bonchev–Trinajstić information content (AvgIpc) is 2.70. The fraction of sp³-hybridized carbons (Fsp3) is 0.478. The number of likely N-dealkylation sites (tertiary alicyclic amines) is 1. The summed E-state index contributed by atoms with van der Waals surface area (Å²) >= 11 is 0. The van der Waals surface area contributed by atoms with Gasteiger partial charge in [0.1, 0.15) is 6.10 Å². The monoisotopic (exact) mass is 381 g/mol. The number of morpholine rings is 1. The molecule has 1 spiro atoms. The standard InChI is InChI=1S/C23H31N3O2/c1-4-5-6-7-13-26-18-23(28-20(3)22(26)27)11-15-25(16-12-23)14-10-21-9-8-19(2)17-24-21/h4-9,13,17,20H,1,10-12,14-16,18H2,2-3H3/b6-5-,13-7+. The van der Waals surface area contributed by atoms with Gasteiger partial charge in [0.15, 0.2) is 0 Å². The number of nitrogens with zero attached hydrogens (tertiary/aromatic N) is 3. The molecule has 3 heterocycles. The van der Waals surface area contributed by atoms with E-state index in [4.69, 9.17) is 4.74 Å². The fourth-order valence-corrected chi connectivity index (χ4v) is 3.89. The Morgan fingerprint density at radius 2 is 2.07 bits per heavy atom. The van der Waals surface area contributed by atoms with Gasteiger partial charge in [0.2, 0.25) is 0 Å². The topological polar surface area (TPSA) is 45.7 Å². The molecule has 1 amide bonds. The third kappa shape index (κ3) is 5.18. The Kier molecular flexibility index (Phi) is 6.81. The predicted molar refractivity (Wildman–Crippen MR) is 112 cm³/mol. The highest BCUT2D eigenvalue weighted by molar-refractivity contribution is 5.82. The van der Waals surface area contributed by atoms with Gasteiger partial charge in [-0.25, -0.2) is 0 Å². The van der Waals surface area contributed by atoms with E-state index < -0.39 is 6.10 Å². The number of ether oxygens (including phenoxy) is 1. The lowest BCUT2D eigenvalue weighted by atomic mass is 9.88. The zero-order chi connectivity index (χ0) is 20.0. The minimum atomic E-state index is -0.398. The summed E-state index contributed by atoms with van der Waals surface area (Å²) in [6.07, 6.45) is 13.6. The number of amides is 1. The molecule has 1 atom stereocenters. The van der Waals surface area contributed by atoms with Gasteiger partial charge in [0, 0.05) is 44.1 Å². The molecule has 1 aromatic heterocycles. The summed E-state index contributed by atoms with van der Waals surface area (Å²) in [6.45, 7) is 11.2. The van der Waals surface area contributed by atoms with E-state index in [0.717, 1.165) is 44.6 Å². The molecular formula is C23H31N3O2. The third-order valence-corrected chi connectivity index (χ3v) is 5.56. The normalized spacial score (nSPS) is 23.1. The van der Waals surface area contributed by atoms with Gasteiger partial charge in [-0.05, 0) is 44.4 Å². The summed E-state index contributed by atoms with van der Waals surface area (Å²) in [5.74, 6) is 0.0294. The lowest BCUT2D eigenvalue weighted by molar-refractivity contribution is -0.184. The van der Waals surface area contributed by atoms with Crippen molar-refractivity contribution in [1.29, 1.82) is 0 Å². The average molecular weight is 382 g/mol.